The van der Waals surface area contributed by atoms with E-state index in [0.29, 0.717) is 12.5 Å². The molecule has 0 atom stereocenters. The average Bonchev–Trinajstić information content (AvgIpc) is 2.74. The first kappa shape index (κ1) is 14.8. The molecule has 0 fully saturated rings. The lowest BCUT2D eigenvalue weighted by Crippen LogP contribution is -2.30. The van der Waals surface area contributed by atoms with E-state index in [1.165, 1.54) is 5.56 Å². The molecule has 18 heavy (non-hydrogen) atoms. The predicted molar refractivity (Wildman–Crippen MR) is 74.3 cm³/mol. The van der Waals surface area contributed by atoms with Gasteiger partial charge in [0, 0.05) is 25.5 Å². The highest BCUT2D eigenvalue weighted by molar-refractivity contribution is 5.75. The van der Waals surface area contributed by atoms with Crippen molar-refractivity contribution >= 4 is 5.91 Å². The first-order valence-electron chi connectivity index (χ1n) is 6.74. The van der Waals surface area contributed by atoms with Crippen LogP contribution in [0.5, 0.6) is 0 Å². The average molecular weight is 251 g/mol. The largest absolute Gasteiger partial charge is 0.354 e. The van der Waals surface area contributed by atoms with Gasteiger partial charge in [0.05, 0.1) is 0 Å². The summed E-state index contributed by atoms with van der Waals surface area (Å²) in [5.41, 5.74) is 1.22. The van der Waals surface area contributed by atoms with Crippen LogP contribution in [0.4, 0.5) is 0 Å². The number of rotatable bonds is 8. The molecule has 0 radical (unpaired) electrons. The molecule has 0 unspecified atom stereocenters. The monoisotopic (exact) mass is 251 g/mol. The van der Waals surface area contributed by atoms with Gasteiger partial charge in [-0.1, -0.05) is 20.8 Å². The summed E-state index contributed by atoms with van der Waals surface area (Å²) in [6.45, 7) is 9.37. The molecule has 2 N–H and O–H groups in total. The molecule has 4 heteroatoms. The zero-order valence-electron chi connectivity index (χ0n) is 11.7. The normalized spacial score (nSPS) is 10.9. The Morgan fingerprint density at radius 1 is 1.44 bits per heavy atom. The fourth-order valence-electron chi connectivity index (χ4n) is 1.64. The van der Waals surface area contributed by atoms with Crippen LogP contribution in [0.2, 0.25) is 0 Å². The van der Waals surface area contributed by atoms with Crippen molar-refractivity contribution in [2.45, 2.75) is 40.3 Å². The van der Waals surface area contributed by atoms with Crippen LogP contribution in [-0.2, 0) is 17.9 Å². The van der Waals surface area contributed by atoms with Crippen LogP contribution in [0.25, 0.3) is 0 Å². The van der Waals surface area contributed by atoms with Gasteiger partial charge < -0.3 is 15.2 Å². The Hall–Kier alpha value is -1.29. The van der Waals surface area contributed by atoms with E-state index in [4.69, 9.17) is 0 Å². The molecule has 1 amide bonds. The third-order valence-electron chi connectivity index (χ3n) is 2.60. The van der Waals surface area contributed by atoms with Crippen LogP contribution >= 0.6 is 0 Å². The molecular weight excluding hydrogens is 226 g/mol. The Labute approximate surface area is 110 Å². The minimum absolute atomic E-state index is 0.0763. The second-order valence-electron chi connectivity index (χ2n) is 5.07. The van der Waals surface area contributed by atoms with Gasteiger partial charge in [-0.25, -0.2) is 0 Å². The van der Waals surface area contributed by atoms with Crippen LogP contribution in [0.3, 0.4) is 0 Å². The number of hydrogen-bond acceptors (Lipinski definition) is 2. The molecule has 1 rings (SSSR count). The molecule has 1 aromatic rings. The minimum atomic E-state index is 0.0763. The summed E-state index contributed by atoms with van der Waals surface area (Å²) in [4.78, 5) is 11.6. The second-order valence-corrected chi connectivity index (χ2v) is 5.07. The number of hydrogen-bond donors (Lipinski definition) is 2. The number of carbonyl (C=O) groups excluding carboxylic acids is 1. The van der Waals surface area contributed by atoms with E-state index in [-0.39, 0.29) is 5.91 Å². The molecule has 0 saturated carbocycles. The van der Waals surface area contributed by atoms with Gasteiger partial charge in [-0.3, -0.25) is 4.79 Å². The Kier molecular flexibility index (Phi) is 6.50. The molecule has 0 aromatic carbocycles. The zero-order chi connectivity index (χ0) is 13.4. The molecule has 0 spiro atoms. The summed E-state index contributed by atoms with van der Waals surface area (Å²) in [5.74, 6) is 0.569. The third kappa shape index (κ3) is 5.87. The van der Waals surface area contributed by atoms with Crippen LogP contribution in [0.1, 0.15) is 32.8 Å². The van der Waals surface area contributed by atoms with Crippen molar-refractivity contribution in [3.63, 3.8) is 0 Å². The maximum atomic E-state index is 11.6. The van der Waals surface area contributed by atoms with Crippen molar-refractivity contribution in [1.29, 1.82) is 0 Å². The molecule has 0 saturated heterocycles. The highest BCUT2D eigenvalue weighted by atomic mass is 16.1. The quantitative estimate of drug-likeness (QED) is 0.692. The lowest BCUT2D eigenvalue weighted by atomic mass is 10.2. The summed E-state index contributed by atoms with van der Waals surface area (Å²) >= 11 is 0. The van der Waals surface area contributed by atoms with E-state index in [1.54, 1.807) is 0 Å². The van der Waals surface area contributed by atoms with Gasteiger partial charge in [0.2, 0.25) is 5.91 Å². The van der Waals surface area contributed by atoms with Gasteiger partial charge in [0.15, 0.2) is 0 Å². The van der Waals surface area contributed by atoms with E-state index in [9.17, 15) is 4.79 Å². The van der Waals surface area contributed by atoms with Crippen LogP contribution in [0.15, 0.2) is 18.5 Å². The van der Waals surface area contributed by atoms with Gasteiger partial charge in [0.1, 0.15) is 6.54 Å². The number of nitrogens with one attached hydrogen (secondary N) is 2. The summed E-state index contributed by atoms with van der Waals surface area (Å²) in [7, 11) is 0. The van der Waals surface area contributed by atoms with Gasteiger partial charge >= 0.3 is 0 Å². The maximum Gasteiger partial charge on any atom is 0.239 e. The summed E-state index contributed by atoms with van der Waals surface area (Å²) in [6, 6.07) is 2.05. The Balaban J connectivity index is 2.32. The smallest absolute Gasteiger partial charge is 0.239 e. The molecule has 1 heterocycles. The summed E-state index contributed by atoms with van der Waals surface area (Å²) in [5, 5.41) is 6.26. The molecule has 0 aliphatic rings. The van der Waals surface area contributed by atoms with Gasteiger partial charge in [-0.15, -0.1) is 0 Å². The van der Waals surface area contributed by atoms with Crippen molar-refractivity contribution in [1.82, 2.24) is 15.2 Å². The molecule has 102 valence electrons. The standard InChI is InChI=1S/C14H25N3O/c1-4-6-15-9-13-5-7-17(10-13)11-14(18)16-8-12(2)3/h5,7,10,12,15H,4,6,8-9,11H2,1-3H3,(H,16,18). The second kappa shape index (κ2) is 7.93. The number of aromatic nitrogens is 1. The van der Waals surface area contributed by atoms with Gasteiger partial charge in [-0.2, -0.15) is 0 Å². The van der Waals surface area contributed by atoms with Crippen molar-refractivity contribution in [3.05, 3.63) is 24.0 Å². The van der Waals surface area contributed by atoms with E-state index in [0.717, 1.165) is 26.1 Å². The molecule has 1 aromatic heterocycles. The molecule has 0 aliphatic carbocycles. The zero-order valence-corrected chi connectivity index (χ0v) is 11.7. The fourth-order valence-corrected chi connectivity index (χ4v) is 1.64. The molecular formula is C14H25N3O. The highest BCUT2D eigenvalue weighted by Crippen LogP contribution is 2.01. The van der Waals surface area contributed by atoms with Crippen molar-refractivity contribution in [2.24, 2.45) is 5.92 Å². The maximum absolute atomic E-state index is 11.6. The topological polar surface area (TPSA) is 46.1 Å². The summed E-state index contributed by atoms with van der Waals surface area (Å²) < 4.78 is 1.93. The highest BCUT2D eigenvalue weighted by Gasteiger charge is 2.04. The van der Waals surface area contributed by atoms with Crippen LogP contribution in [0, 0.1) is 5.92 Å². The lowest BCUT2D eigenvalue weighted by molar-refractivity contribution is -0.121. The fraction of sp³-hybridized carbons (Fsp3) is 0.643. The van der Waals surface area contributed by atoms with Crippen molar-refractivity contribution in [2.75, 3.05) is 13.1 Å². The first-order chi connectivity index (χ1) is 8.61. The Morgan fingerprint density at radius 2 is 2.22 bits per heavy atom. The van der Waals surface area contributed by atoms with E-state index in [2.05, 4.69) is 37.5 Å². The minimum Gasteiger partial charge on any atom is -0.354 e. The summed E-state index contributed by atoms with van der Waals surface area (Å²) in [6.07, 6.45) is 5.12. The number of amides is 1. The van der Waals surface area contributed by atoms with Crippen molar-refractivity contribution in [3.8, 4) is 0 Å². The molecule has 0 bridgehead atoms. The number of nitrogens with zero attached hydrogens (tertiary/aromatic N) is 1. The molecule has 4 nitrogen and oxygen atoms in total. The van der Waals surface area contributed by atoms with Crippen LogP contribution < -0.4 is 10.6 Å². The number of carbonyl (C=O) groups is 1. The lowest BCUT2D eigenvalue weighted by Gasteiger charge is -2.08. The van der Waals surface area contributed by atoms with E-state index < -0.39 is 0 Å². The predicted octanol–water partition coefficient (Wildman–Crippen LogP) is 1.76. The first-order valence-corrected chi connectivity index (χ1v) is 6.74. The molecule has 0 aliphatic heterocycles. The SMILES string of the molecule is CCCNCc1ccn(CC(=O)NCC(C)C)c1. The third-order valence-corrected chi connectivity index (χ3v) is 2.60. The van der Waals surface area contributed by atoms with Gasteiger partial charge in [-0.05, 0) is 30.5 Å². The Bertz CT molecular complexity index is 358. The van der Waals surface area contributed by atoms with E-state index >= 15 is 0 Å². The van der Waals surface area contributed by atoms with Crippen molar-refractivity contribution < 1.29 is 4.79 Å². The van der Waals surface area contributed by atoms with Crippen LogP contribution in [-0.4, -0.2) is 23.6 Å². The van der Waals surface area contributed by atoms with E-state index in [1.807, 2.05) is 17.0 Å². The van der Waals surface area contributed by atoms with Gasteiger partial charge in [0.25, 0.3) is 0 Å². The Morgan fingerprint density at radius 3 is 2.89 bits per heavy atom.